The summed E-state index contributed by atoms with van der Waals surface area (Å²) in [7, 11) is 0. The van der Waals surface area contributed by atoms with Crippen LogP contribution in [0.25, 0.3) is 0 Å². The van der Waals surface area contributed by atoms with Gasteiger partial charge in [-0.1, -0.05) is 0 Å². The average Bonchev–Trinajstić information content (AvgIpc) is 2.33. The number of halogens is 3. The Bertz CT molecular complexity index is 381. The SMILES string of the molecule is C[C@@H](NCC(=O)NCC(F)(F)F)c1ccncc1. The van der Waals surface area contributed by atoms with Crippen molar-refractivity contribution >= 4 is 5.91 Å². The Kier molecular flexibility index (Phi) is 5.08. The minimum absolute atomic E-state index is 0.135. The van der Waals surface area contributed by atoms with Crippen molar-refractivity contribution in [2.75, 3.05) is 13.1 Å². The number of pyridine rings is 1. The first kappa shape index (κ1) is 14.4. The van der Waals surface area contributed by atoms with Crippen LogP contribution in [0, 0.1) is 0 Å². The van der Waals surface area contributed by atoms with Gasteiger partial charge in [0.25, 0.3) is 0 Å². The van der Waals surface area contributed by atoms with Crippen LogP contribution in [0.1, 0.15) is 18.5 Å². The third kappa shape index (κ3) is 5.62. The summed E-state index contributed by atoms with van der Waals surface area (Å²) in [5.41, 5.74) is 0.911. The number of carbonyl (C=O) groups is 1. The summed E-state index contributed by atoms with van der Waals surface area (Å²) in [5.74, 6) is -0.687. The normalized spacial score (nSPS) is 13.1. The maximum absolute atomic E-state index is 11.8. The molecule has 1 aromatic heterocycles. The van der Waals surface area contributed by atoms with Gasteiger partial charge in [-0.3, -0.25) is 9.78 Å². The van der Waals surface area contributed by atoms with Gasteiger partial charge in [0.15, 0.2) is 0 Å². The van der Waals surface area contributed by atoms with Gasteiger partial charge in [-0.15, -0.1) is 0 Å². The summed E-state index contributed by atoms with van der Waals surface area (Å²) >= 11 is 0. The van der Waals surface area contributed by atoms with E-state index >= 15 is 0 Å². The van der Waals surface area contributed by atoms with Gasteiger partial charge in [-0.25, -0.2) is 0 Å². The van der Waals surface area contributed by atoms with Gasteiger partial charge in [0.2, 0.25) is 5.91 Å². The molecule has 2 N–H and O–H groups in total. The third-order valence-corrected chi connectivity index (χ3v) is 2.26. The Morgan fingerprint density at radius 3 is 2.56 bits per heavy atom. The smallest absolute Gasteiger partial charge is 0.346 e. The van der Waals surface area contributed by atoms with Gasteiger partial charge in [0, 0.05) is 18.4 Å². The highest BCUT2D eigenvalue weighted by atomic mass is 19.4. The highest BCUT2D eigenvalue weighted by Crippen LogP contribution is 2.12. The molecule has 1 heterocycles. The molecule has 1 aromatic rings. The molecule has 0 spiro atoms. The molecule has 0 aromatic carbocycles. The van der Waals surface area contributed by atoms with E-state index in [9.17, 15) is 18.0 Å². The number of nitrogens with zero attached hydrogens (tertiary/aromatic N) is 1. The second-order valence-corrected chi connectivity index (χ2v) is 3.78. The molecule has 1 amide bonds. The van der Waals surface area contributed by atoms with Gasteiger partial charge in [0.05, 0.1) is 6.54 Å². The first-order chi connectivity index (χ1) is 8.38. The molecule has 0 aliphatic rings. The van der Waals surface area contributed by atoms with E-state index in [0.717, 1.165) is 5.56 Å². The lowest BCUT2D eigenvalue weighted by atomic mass is 10.1. The Hall–Kier alpha value is -1.63. The van der Waals surface area contributed by atoms with Crippen LogP contribution in [0.4, 0.5) is 13.2 Å². The molecule has 0 aliphatic carbocycles. The summed E-state index contributed by atoms with van der Waals surface area (Å²) in [5, 5.41) is 4.62. The van der Waals surface area contributed by atoms with Crippen molar-refractivity contribution in [3.05, 3.63) is 30.1 Å². The van der Waals surface area contributed by atoms with Crippen LogP contribution in [0.15, 0.2) is 24.5 Å². The number of alkyl halides is 3. The summed E-state index contributed by atoms with van der Waals surface area (Å²) in [4.78, 5) is 15.0. The minimum Gasteiger partial charge on any atom is -0.346 e. The van der Waals surface area contributed by atoms with Crippen molar-refractivity contribution in [1.29, 1.82) is 0 Å². The zero-order valence-electron chi connectivity index (χ0n) is 9.79. The third-order valence-electron chi connectivity index (χ3n) is 2.26. The molecule has 0 saturated carbocycles. The van der Waals surface area contributed by atoms with Gasteiger partial charge in [-0.2, -0.15) is 13.2 Å². The van der Waals surface area contributed by atoms with Crippen LogP contribution in [-0.2, 0) is 4.79 Å². The Morgan fingerprint density at radius 1 is 1.39 bits per heavy atom. The fourth-order valence-corrected chi connectivity index (χ4v) is 1.28. The predicted octanol–water partition coefficient (Wildman–Crippen LogP) is 1.41. The fraction of sp³-hybridized carbons (Fsp3) is 0.455. The largest absolute Gasteiger partial charge is 0.405 e. The van der Waals surface area contributed by atoms with E-state index in [2.05, 4.69) is 10.3 Å². The summed E-state index contributed by atoms with van der Waals surface area (Å²) in [6.45, 7) is 0.336. The molecule has 1 atom stereocenters. The van der Waals surface area contributed by atoms with Crippen LogP contribution in [-0.4, -0.2) is 30.2 Å². The van der Waals surface area contributed by atoms with Gasteiger partial charge >= 0.3 is 6.18 Å². The van der Waals surface area contributed by atoms with E-state index in [1.165, 1.54) is 0 Å². The molecular weight excluding hydrogens is 247 g/mol. The molecule has 0 aliphatic heterocycles. The highest BCUT2D eigenvalue weighted by Gasteiger charge is 2.27. The Labute approximate surface area is 103 Å². The number of hydrogen-bond donors (Lipinski definition) is 2. The van der Waals surface area contributed by atoms with E-state index in [4.69, 9.17) is 0 Å². The van der Waals surface area contributed by atoms with Gasteiger partial charge < -0.3 is 10.6 Å². The molecule has 18 heavy (non-hydrogen) atoms. The van der Waals surface area contributed by atoms with Gasteiger partial charge in [0.1, 0.15) is 6.54 Å². The lowest BCUT2D eigenvalue weighted by molar-refractivity contribution is -0.137. The first-order valence-electron chi connectivity index (χ1n) is 5.35. The zero-order chi connectivity index (χ0) is 13.6. The molecule has 4 nitrogen and oxygen atoms in total. The second-order valence-electron chi connectivity index (χ2n) is 3.78. The van der Waals surface area contributed by atoms with Crippen LogP contribution in [0.3, 0.4) is 0 Å². The maximum Gasteiger partial charge on any atom is 0.405 e. The minimum atomic E-state index is -4.38. The molecule has 7 heteroatoms. The molecule has 0 bridgehead atoms. The topological polar surface area (TPSA) is 54.0 Å². The molecule has 1 rings (SSSR count). The van der Waals surface area contributed by atoms with Crippen molar-refractivity contribution in [1.82, 2.24) is 15.6 Å². The highest BCUT2D eigenvalue weighted by molar-refractivity contribution is 5.78. The number of nitrogens with one attached hydrogen (secondary N) is 2. The molecule has 0 fully saturated rings. The van der Waals surface area contributed by atoms with Crippen molar-refractivity contribution in [2.24, 2.45) is 0 Å². The average molecular weight is 261 g/mol. The van der Waals surface area contributed by atoms with E-state index in [0.29, 0.717) is 0 Å². The standard InChI is InChI=1S/C11H14F3N3O/c1-8(9-2-4-15-5-3-9)16-6-10(18)17-7-11(12,13)14/h2-5,8,16H,6-7H2,1H3,(H,17,18)/t8-/m1/s1. The Balaban J connectivity index is 2.31. The number of aromatic nitrogens is 1. The number of rotatable bonds is 5. The van der Waals surface area contributed by atoms with Crippen molar-refractivity contribution < 1.29 is 18.0 Å². The van der Waals surface area contributed by atoms with Crippen molar-refractivity contribution in [3.8, 4) is 0 Å². The predicted molar refractivity (Wildman–Crippen MR) is 59.7 cm³/mol. The van der Waals surface area contributed by atoms with E-state index in [-0.39, 0.29) is 12.6 Å². The summed E-state index contributed by atoms with van der Waals surface area (Å²) in [6.07, 6.45) is -1.17. The molecular formula is C11H14F3N3O. The Morgan fingerprint density at radius 2 is 2.00 bits per heavy atom. The van der Waals surface area contributed by atoms with Crippen molar-refractivity contribution in [2.45, 2.75) is 19.1 Å². The van der Waals surface area contributed by atoms with Crippen LogP contribution >= 0.6 is 0 Å². The summed E-state index contributed by atoms with van der Waals surface area (Å²) < 4.78 is 35.5. The number of carbonyl (C=O) groups excluding carboxylic acids is 1. The number of hydrogen-bond acceptors (Lipinski definition) is 3. The maximum atomic E-state index is 11.8. The molecule has 100 valence electrons. The van der Waals surface area contributed by atoms with E-state index < -0.39 is 18.6 Å². The monoisotopic (exact) mass is 261 g/mol. The van der Waals surface area contributed by atoms with E-state index in [1.54, 1.807) is 29.8 Å². The van der Waals surface area contributed by atoms with Gasteiger partial charge in [-0.05, 0) is 24.6 Å². The summed E-state index contributed by atoms with van der Waals surface area (Å²) in [6, 6.07) is 3.40. The lowest BCUT2D eigenvalue weighted by Gasteiger charge is -2.14. The van der Waals surface area contributed by atoms with Crippen LogP contribution in [0.2, 0.25) is 0 Å². The van der Waals surface area contributed by atoms with E-state index in [1.807, 2.05) is 6.92 Å². The quantitative estimate of drug-likeness (QED) is 0.842. The lowest BCUT2D eigenvalue weighted by Crippen LogP contribution is -2.39. The second kappa shape index (κ2) is 6.34. The number of amides is 1. The van der Waals surface area contributed by atoms with Crippen LogP contribution in [0.5, 0.6) is 0 Å². The first-order valence-corrected chi connectivity index (χ1v) is 5.35. The molecule has 0 radical (unpaired) electrons. The van der Waals surface area contributed by atoms with Crippen LogP contribution < -0.4 is 10.6 Å². The fourth-order valence-electron chi connectivity index (χ4n) is 1.28. The molecule has 0 saturated heterocycles. The molecule has 0 unspecified atom stereocenters. The van der Waals surface area contributed by atoms with Crippen molar-refractivity contribution in [3.63, 3.8) is 0 Å². The zero-order valence-corrected chi connectivity index (χ0v) is 9.79.